The molecule has 188 valence electrons. The number of methoxy groups -OCH3 is 1. The quantitative estimate of drug-likeness (QED) is 0.396. The second-order valence-electron chi connectivity index (χ2n) is 9.65. The average Bonchev–Trinajstić information content (AvgIpc) is 2.83. The van der Waals surface area contributed by atoms with Crippen molar-refractivity contribution in [2.24, 2.45) is 5.73 Å². The van der Waals surface area contributed by atoms with Crippen molar-refractivity contribution >= 4 is 16.7 Å². The Bertz CT molecular complexity index is 1090. The number of hydrogen-bond donors (Lipinski definition) is 1. The minimum atomic E-state index is -0.696. The Labute approximate surface area is 209 Å². The van der Waals surface area contributed by atoms with E-state index in [1.54, 1.807) is 12.0 Å². The molecule has 1 amide bonds. The Hall–Kier alpha value is -2.93. The molecule has 3 aromatic rings. The fourth-order valence-corrected chi connectivity index (χ4v) is 4.05. The molecule has 0 heterocycles. The van der Waals surface area contributed by atoms with Crippen LogP contribution >= 0.6 is 0 Å². The zero-order valence-corrected chi connectivity index (χ0v) is 21.5. The van der Waals surface area contributed by atoms with Crippen molar-refractivity contribution in [3.63, 3.8) is 0 Å². The number of carbonyl (C=O) groups excluding carboxylic acids is 1. The van der Waals surface area contributed by atoms with Crippen molar-refractivity contribution in [2.45, 2.75) is 58.6 Å². The van der Waals surface area contributed by atoms with Gasteiger partial charge >= 0.3 is 0 Å². The summed E-state index contributed by atoms with van der Waals surface area (Å²) < 4.78 is 17.0. The Morgan fingerprint density at radius 3 is 2.34 bits per heavy atom. The molecule has 0 saturated carbocycles. The van der Waals surface area contributed by atoms with Gasteiger partial charge in [-0.15, -0.1) is 0 Å². The summed E-state index contributed by atoms with van der Waals surface area (Å²) in [5, 5.41) is 2.24. The van der Waals surface area contributed by atoms with E-state index in [1.807, 2.05) is 76.2 Å². The standard InChI is InChI=1S/C29H38N2O4/c1-6-34-27(33-5)20-31(19-23-12-9-11-22-10-7-8-13-25(22)23)28(32)26(30)18-21-14-16-24(17-15-21)35-29(2,3)4/h7-17,26-27H,6,18-20,30H2,1-5H3/t26-,27?/m0/s1. The highest BCUT2D eigenvalue weighted by molar-refractivity contribution is 5.87. The molecule has 0 fully saturated rings. The number of carbonyl (C=O) groups is 1. The molecule has 0 spiro atoms. The Kier molecular flexibility index (Phi) is 9.26. The predicted octanol–water partition coefficient (Wildman–Crippen LogP) is 4.92. The van der Waals surface area contributed by atoms with Gasteiger partial charge in [-0.1, -0.05) is 54.6 Å². The van der Waals surface area contributed by atoms with Crippen molar-refractivity contribution in [1.29, 1.82) is 0 Å². The molecule has 1 unspecified atom stereocenters. The third-order valence-electron chi connectivity index (χ3n) is 5.66. The summed E-state index contributed by atoms with van der Waals surface area (Å²) in [4.78, 5) is 15.3. The van der Waals surface area contributed by atoms with Gasteiger partial charge in [0, 0.05) is 20.3 Å². The van der Waals surface area contributed by atoms with Gasteiger partial charge in [0.25, 0.3) is 0 Å². The third-order valence-corrected chi connectivity index (χ3v) is 5.66. The Morgan fingerprint density at radius 1 is 1.00 bits per heavy atom. The maximum absolute atomic E-state index is 13.6. The number of rotatable bonds is 11. The van der Waals surface area contributed by atoms with E-state index in [-0.39, 0.29) is 11.5 Å². The summed E-state index contributed by atoms with van der Waals surface area (Å²) >= 11 is 0. The van der Waals surface area contributed by atoms with Crippen LogP contribution in [-0.4, -0.2) is 49.0 Å². The second kappa shape index (κ2) is 12.2. The van der Waals surface area contributed by atoms with Gasteiger partial charge in [-0.2, -0.15) is 0 Å². The summed E-state index contributed by atoms with van der Waals surface area (Å²) in [6, 6.07) is 21.4. The summed E-state index contributed by atoms with van der Waals surface area (Å²) in [6.45, 7) is 9.13. The minimum absolute atomic E-state index is 0.144. The number of amides is 1. The van der Waals surface area contributed by atoms with Crippen LogP contribution in [-0.2, 0) is 27.2 Å². The molecule has 6 heteroatoms. The lowest BCUT2D eigenvalue weighted by Gasteiger charge is -2.29. The maximum atomic E-state index is 13.6. The van der Waals surface area contributed by atoms with Gasteiger partial charge in [0.05, 0.1) is 12.6 Å². The fraction of sp³-hybridized carbons (Fsp3) is 0.414. The largest absolute Gasteiger partial charge is 0.488 e. The molecule has 0 aliphatic heterocycles. The van der Waals surface area contributed by atoms with Crippen molar-refractivity contribution in [3.05, 3.63) is 77.9 Å². The van der Waals surface area contributed by atoms with Crippen LogP contribution in [0.2, 0.25) is 0 Å². The number of ether oxygens (including phenoxy) is 3. The van der Waals surface area contributed by atoms with Gasteiger partial charge in [0.1, 0.15) is 11.4 Å². The SMILES string of the molecule is CCOC(CN(Cc1cccc2ccccc12)C(=O)[C@@H](N)Cc1ccc(OC(C)(C)C)cc1)OC. The number of benzene rings is 3. The first-order chi connectivity index (χ1) is 16.7. The second-order valence-corrected chi connectivity index (χ2v) is 9.65. The molecular formula is C29H38N2O4. The first-order valence-corrected chi connectivity index (χ1v) is 12.1. The number of hydrogen-bond acceptors (Lipinski definition) is 5. The summed E-state index contributed by atoms with van der Waals surface area (Å²) in [6.07, 6.45) is -0.104. The monoisotopic (exact) mass is 478 g/mol. The molecule has 6 nitrogen and oxygen atoms in total. The normalized spacial score (nSPS) is 13.4. The van der Waals surface area contributed by atoms with E-state index < -0.39 is 12.3 Å². The Morgan fingerprint density at radius 2 is 1.69 bits per heavy atom. The Balaban J connectivity index is 1.78. The van der Waals surface area contributed by atoms with Crippen LogP contribution < -0.4 is 10.5 Å². The summed E-state index contributed by atoms with van der Waals surface area (Å²) in [5.74, 6) is 0.646. The highest BCUT2D eigenvalue weighted by atomic mass is 16.7. The van der Waals surface area contributed by atoms with Crippen LogP contribution in [0.1, 0.15) is 38.8 Å². The van der Waals surface area contributed by atoms with E-state index >= 15 is 0 Å². The highest BCUT2D eigenvalue weighted by Gasteiger charge is 2.25. The minimum Gasteiger partial charge on any atom is -0.488 e. The lowest BCUT2D eigenvalue weighted by Crippen LogP contribution is -2.48. The first-order valence-electron chi connectivity index (χ1n) is 12.1. The molecule has 0 aliphatic rings. The summed E-state index contributed by atoms with van der Waals surface area (Å²) in [5.41, 5.74) is 8.21. The van der Waals surface area contributed by atoms with Gasteiger partial charge in [-0.3, -0.25) is 4.79 Å². The van der Waals surface area contributed by atoms with E-state index in [4.69, 9.17) is 19.9 Å². The third kappa shape index (κ3) is 7.79. The van der Waals surface area contributed by atoms with E-state index in [9.17, 15) is 4.79 Å². The van der Waals surface area contributed by atoms with Crippen molar-refractivity contribution in [2.75, 3.05) is 20.3 Å². The van der Waals surface area contributed by atoms with Crippen molar-refractivity contribution in [1.82, 2.24) is 4.90 Å². The zero-order valence-electron chi connectivity index (χ0n) is 21.5. The number of nitrogens with two attached hydrogens (primary N) is 1. The molecule has 0 radical (unpaired) electrons. The molecule has 2 N–H and O–H groups in total. The molecule has 0 saturated heterocycles. The fourth-order valence-electron chi connectivity index (χ4n) is 4.05. The van der Waals surface area contributed by atoms with Gasteiger partial charge < -0.3 is 24.8 Å². The summed E-state index contributed by atoms with van der Waals surface area (Å²) in [7, 11) is 1.59. The van der Waals surface area contributed by atoms with E-state index in [0.717, 1.165) is 27.6 Å². The van der Waals surface area contributed by atoms with Crippen LogP contribution in [0, 0.1) is 0 Å². The van der Waals surface area contributed by atoms with E-state index in [1.165, 1.54) is 0 Å². The molecule has 0 bridgehead atoms. The molecule has 2 atom stereocenters. The molecule has 35 heavy (non-hydrogen) atoms. The molecule has 0 aliphatic carbocycles. The van der Waals surface area contributed by atoms with Crippen LogP contribution in [0.15, 0.2) is 66.7 Å². The van der Waals surface area contributed by atoms with Crippen molar-refractivity contribution < 1.29 is 19.0 Å². The van der Waals surface area contributed by atoms with Crippen molar-refractivity contribution in [3.8, 4) is 5.75 Å². The van der Waals surface area contributed by atoms with Crippen LogP contribution in [0.4, 0.5) is 0 Å². The lowest BCUT2D eigenvalue weighted by atomic mass is 10.0. The van der Waals surface area contributed by atoms with Gasteiger partial charge in [-0.25, -0.2) is 0 Å². The average molecular weight is 479 g/mol. The van der Waals surface area contributed by atoms with Gasteiger partial charge in [-0.05, 0) is 68.1 Å². The van der Waals surface area contributed by atoms with Gasteiger partial charge in [0.15, 0.2) is 6.29 Å². The zero-order chi connectivity index (χ0) is 25.4. The maximum Gasteiger partial charge on any atom is 0.240 e. The number of nitrogens with zero attached hydrogens (tertiary/aromatic N) is 1. The topological polar surface area (TPSA) is 74.0 Å². The predicted molar refractivity (Wildman–Crippen MR) is 140 cm³/mol. The molecule has 3 rings (SSSR count). The molecular weight excluding hydrogens is 440 g/mol. The lowest BCUT2D eigenvalue weighted by molar-refractivity contribution is -0.153. The van der Waals surface area contributed by atoms with E-state index in [0.29, 0.717) is 26.1 Å². The smallest absolute Gasteiger partial charge is 0.240 e. The first kappa shape index (κ1) is 26.7. The van der Waals surface area contributed by atoms with E-state index in [2.05, 4.69) is 18.2 Å². The molecule has 0 aromatic heterocycles. The highest BCUT2D eigenvalue weighted by Crippen LogP contribution is 2.22. The van der Waals surface area contributed by atoms with Crippen LogP contribution in [0.3, 0.4) is 0 Å². The number of fused-ring (bicyclic) bond motifs is 1. The van der Waals surface area contributed by atoms with Gasteiger partial charge in [0.2, 0.25) is 5.91 Å². The van der Waals surface area contributed by atoms with Crippen LogP contribution in [0.5, 0.6) is 5.75 Å². The van der Waals surface area contributed by atoms with Crippen LogP contribution in [0.25, 0.3) is 10.8 Å². The molecule has 3 aromatic carbocycles.